The summed E-state index contributed by atoms with van der Waals surface area (Å²) in [6.07, 6.45) is 2.01. The highest BCUT2D eigenvalue weighted by Crippen LogP contribution is 2.33. The molecule has 154 valence electrons. The summed E-state index contributed by atoms with van der Waals surface area (Å²) in [5, 5.41) is 0. The summed E-state index contributed by atoms with van der Waals surface area (Å²) < 4.78 is 32.9. The molecule has 2 atom stereocenters. The van der Waals surface area contributed by atoms with Gasteiger partial charge in [0.2, 0.25) is 10.0 Å². The van der Waals surface area contributed by atoms with Gasteiger partial charge in [-0.15, -0.1) is 0 Å². The zero-order chi connectivity index (χ0) is 21.2. The molecule has 0 spiro atoms. The molecule has 3 rings (SSSR count). The van der Waals surface area contributed by atoms with Gasteiger partial charge >= 0.3 is 0 Å². The number of carbonyl (C=O) groups excluding carboxylic acids is 1. The maximum absolute atomic E-state index is 13.2. The van der Waals surface area contributed by atoms with Crippen LogP contribution in [0.4, 0.5) is 0 Å². The van der Waals surface area contributed by atoms with Crippen molar-refractivity contribution in [3.8, 4) is 5.75 Å². The van der Waals surface area contributed by atoms with Crippen molar-refractivity contribution in [3.05, 3.63) is 71.3 Å². The molecule has 0 amide bonds. The number of nitrogens with zero attached hydrogens (tertiary/aromatic N) is 1. The van der Waals surface area contributed by atoms with Crippen molar-refractivity contribution in [2.24, 2.45) is 11.8 Å². The first-order valence-electron chi connectivity index (χ1n) is 9.62. The van der Waals surface area contributed by atoms with E-state index in [4.69, 9.17) is 4.74 Å². The van der Waals surface area contributed by atoms with Gasteiger partial charge in [0.25, 0.3) is 0 Å². The van der Waals surface area contributed by atoms with Crippen LogP contribution < -0.4 is 4.74 Å². The van der Waals surface area contributed by atoms with Gasteiger partial charge in [-0.2, -0.15) is 4.31 Å². The number of carbonyl (C=O) groups is 1. The van der Waals surface area contributed by atoms with Crippen LogP contribution in [0.3, 0.4) is 0 Å². The average molecular weight is 414 g/mol. The smallest absolute Gasteiger partial charge is 0.243 e. The second kappa shape index (κ2) is 8.51. The van der Waals surface area contributed by atoms with E-state index in [1.165, 1.54) is 4.31 Å². The van der Waals surface area contributed by atoms with E-state index in [9.17, 15) is 13.2 Å². The van der Waals surface area contributed by atoms with Crippen LogP contribution in [0, 0.1) is 18.8 Å². The van der Waals surface area contributed by atoms with Crippen LogP contribution in [-0.4, -0.2) is 38.7 Å². The molecule has 0 aromatic heterocycles. The zero-order valence-corrected chi connectivity index (χ0v) is 18.1. The fourth-order valence-corrected chi connectivity index (χ4v) is 5.19. The van der Waals surface area contributed by atoms with Gasteiger partial charge in [0.1, 0.15) is 5.75 Å². The number of Topliss-reactive ketones (excluding diaryl/α,β-unsaturated/α-hetero) is 1. The highest BCUT2D eigenvalue weighted by atomic mass is 32.2. The number of rotatable bonds is 6. The Kier molecular flexibility index (Phi) is 6.24. The predicted octanol–water partition coefficient (Wildman–Crippen LogP) is 4.09. The molecule has 0 saturated carbocycles. The molecule has 1 aliphatic heterocycles. The fourth-order valence-electron chi connectivity index (χ4n) is 3.69. The highest BCUT2D eigenvalue weighted by Gasteiger charge is 2.42. The monoisotopic (exact) mass is 413 g/mol. The number of aryl methyl sites for hydroxylation is 1. The van der Waals surface area contributed by atoms with E-state index in [2.05, 4.69) is 0 Å². The molecule has 1 heterocycles. The Labute approximate surface area is 173 Å². The quantitative estimate of drug-likeness (QED) is 0.529. The molecule has 0 N–H and O–H groups in total. The summed E-state index contributed by atoms with van der Waals surface area (Å²) in [6.45, 7) is 6.32. The van der Waals surface area contributed by atoms with E-state index < -0.39 is 15.9 Å². The SMILES string of the molecule is COc1ccc(C(=O)C2CN(S(=O)(=O)c3ccc(C)cc3)CC2C=C(C)C)cc1. The Morgan fingerprint density at radius 2 is 1.66 bits per heavy atom. The van der Waals surface area contributed by atoms with Crippen LogP contribution in [0.25, 0.3) is 0 Å². The molecule has 1 aliphatic rings. The lowest BCUT2D eigenvalue weighted by Crippen LogP contribution is -2.30. The minimum atomic E-state index is -3.65. The Balaban J connectivity index is 1.90. The molecule has 1 saturated heterocycles. The maximum atomic E-state index is 13.2. The van der Waals surface area contributed by atoms with Crippen molar-refractivity contribution in [3.63, 3.8) is 0 Å². The zero-order valence-electron chi connectivity index (χ0n) is 17.3. The third-order valence-electron chi connectivity index (χ3n) is 5.25. The van der Waals surface area contributed by atoms with Crippen LogP contribution in [-0.2, 0) is 10.0 Å². The molecule has 6 heteroatoms. The molecular weight excluding hydrogens is 386 g/mol. The number of benzene rings is 2. The fraction of sp³-hybridized carbons (Fsp3) is 0.348. The Morgan fingerprint density at radius 1 is 1.03 bits per heavy atom. The van der Waals surface area contributed by atoms with Gasteiger partial charge in [0.05, 0.1) is 12.0 Å². The van der Waals surface area contributed by atoms with Crippen molar-refractivity contribution in [2.45, 2.75) is 25.7 Å². The number of ether oxygens (including phenoxy) is 1. The number of ketones is 1. The molecule has 0 bridgehead atoms. The third kappa shape index (κ3) is 4.60. The second-order valence-electron chi connectivity index (χ2n) is 7.74. The van der Waals surface area contributed by atoms with E-state index in [0.29, 0.717) is 17.9 Å². The van der Waals surface area contributed by atoms with Crippen LogP contribution in [0.5, 0.6) is 5.75 Å². The largest absolute Gasteiger partial charge is 0.497 e. The maximum Gasteiger partial charge on any atom is 0.243 e. The number of methoxy groups -OCH3 is 1. The van der Waals surface area contributed by atoms with E-state index in [1.54, 1.807) is 55.6 Å². The van der Waals surface area contributed by atoms with Gasteiger partial charge < -0.3 is 4.74 Å². The normalized spacial score (nSPS) is 19.7. The van der Waals surface area contributed by atoms with E-state index in [-0.39, 0.29) is 23.1 Å². The molecule has 29 heavy (non-hydrogen) atoms. The third-order valence-corrected chi connectivity index (χ3v) is 7.09. The summed E-state index contributed by atoms with van der Waals surface area (Å²) >= 11 is 0. The van der Waals surface area contributed by atoms with Gasteiger partial charge in [0.15, 0.2) is 5.78 Å². The molecule has 2 aromatic carbocycles. The Morgan fingerprint density at radius 3 is 2.21 bits per heavy atom. The predicted molar refractivity (Wildman–Crippen MR) is 114 cm³/mol. The molecule has 0 radical (unpaired) electrons. The van der Waals surface area contributed by atoms with Crippen molar-refractivity contribution in [2.75, 3.05) is 20.2 Å². The first kappa shape index (κ1) is 21.3. The first-order chi connectivity index (χ1) is 13.7. The van der Waals surface area contributed by atoms with Crippen molar-refractivity contribution in [1.29, 1.82) is 0 Å². The molecule has 5 nitrogen and oxygen atoms in total. The van der Waals surface area contributed by atoms with Crippen LogP contribution >= 0.6 is 0 Å². The number of sulfonamides is 1. The topological polar surface area (TPSA) is 63.7 Å². The number of hydrogen-bond acceptors (Lipinski definition) is 4. The van der Waals surface area contributed by atoms with Crippen LogP contribution in [0.1, 0.15) is 29.8 Å². The molecular formula is C23H27NO4S. The lowest BCUT2D eigenvalue weighted by Gasteiger charge is -2.16. The summed E-state index contributed by atoms with van der Waals surface area (Å²) in [7, 11) is -2.08. The summed E-state index contributed by atoms with van der Waals surface area (Å²) in [4.78, 5) is 13.5. The molecule has 1 fully saturated rings. The second-order valence-corrected chi connectivity index (χ2v) is 9.68. The molecule has 2 aromatic rings. The van der Waals surface area contributed by atoms with Crippen molar-refractivity contribution in [1.82, 2.24) is 4.31 Å². The van der Waals surface area contributed by atoms with Gasteiger partial charge in [-0.05, 0) is 57.2 Å². The first-order valence-corrected chi connectivity index (χ1v) is 11.1. The lowest BCUT2D eigenvalue weighted by molar-refractivity contribution is 0.0912. The van der Waals surface area contributed by atoms with E-state index in [1.807, 2.05) is 26.8 Å². The van der Waals surface area contributed by atoms with Crippen molar-refractivity contribution >= 4 is 15.8 Å². The minimum absolute atomic E-state index is 0.0447. The van der Waals surface area contributed by atoms with Crippen LogP contribution in [0.2, 0.25) is 0 Å². The Bertz CT molecular complexity index is 1000. The Hall–Kier alpha value is -2.44. The summed E-state index contributed by atoms with van der Waals surface area (Å²) in [6, 6.07) is 13.8. The average Bonchev–Trinajstić information content (AvgIpc) is 3.11. The number of allylic oxidation sites excluding steroid dienone is 1. The van der Waals surface area contributed by atoms with Gasteiger partial charge in [-0.25, -0.2) is 8.42 Å². The van der Waals surface area contributed by atoms with Gasteiger partial charge in [0, 0.05) is 30.5 Å². The van der Waals surface area contributed by atoms with Gasteiger partial charge in [-0.1, -0.05) is 29.3 Å². The summed E-state index contributed by atoms with van der Waals surface area (Å²) in [5.74, 6) is 0.0579. The van der Waals surface area contributed by atoms with Crippen LogP contribution in [0.15, 0.2) is 65.1 Å². The van der Waals surface area contributed by atoms with E-state index >= 15 is 0 Å². The molecule has 0 aliphatic carbocycles. The lowest BCUT2D eigenvalue weighted by atomic mass is 9.87. The minimum Gasteiger partial charge on any atom is -0.497 e. The molecule has 2 unspecified atom stereocenters. The summed E-state index contributed by atoms with van der Waals surface area (Å²) in [5.41, 5.74) is 2.63. The standard InChI is InChI=1S/C23H27NO4S/c1-16(2)13-19-14-24(29(26,27)21-11-5-17(3)6-12-21)15-22(19)23(25)18-7-9-20(28-4)10-8-18/h5-13,19,22H,14-15H2,1-4H3. The number of hydrogen-bond donors (Lipinski definition) is 0. The van der Waals surface area contributed by atoms with Crippen molar-refractivity contribution < 1.29 is 17.9 Å². The highest BCUT2D eigenvalue weighted by molar-refractivity contribution is 7.89. The van der Waals surface area contributed by atoms with Gasteiger partial charge in [-0.3, -0.25) is 4.79 Å². The van der Waals surface area contributed by atoms with E-state index in [0.717, 1.165) is 11.1 Å².